The predicted molar refractivity (Wildman–Crippen MR) is 283 cm³/mol. The van der Waals surface area contributed by atoms with E-state index in [0.717, 1.165) is 6.92 Å². The van der Waals surface area contributed by atoms with Crippen molar-refractivity contribution in [3.8, 4) is 0 Å². The fourth-order valence-corrected chi connectivity index (χ4v) is 7.61. The van der Waals surface area contributed by atoms with E-state index in [4.69, 9.17) is 40.1 Å². The summed E-state index contributed by atoms with van der Waals surface area (Å²) >= 11 is 0. The van der Waals surface area contributed by atoms with Crippen LogP contribution in [0.2, 0.25) is 0 Å². The van der Waals surface area contributed by atoms with Crippen LogP contribution in [0.3, 0.4) is 0 Å². The number of hydrogen-bond acceptors (Lipinski definition) is 19. The molecular formula is C48H86N16O13. The van der Waals surface area contributed by atoms with Gasteiger partial charge in [-0.15, -0.1) is 0 Å². The van der Waals surface area contributed by atoms with Crippen LogP contribution < -0.4 is 88.0 Å². The topological polar surface area (TPSA) is 522 Å². The quantitative estimate of drug-likeness (QED) is 0.0292. The second-order valence-electron chi connectivity index (χ2n) is 19.0. The molecule has 29 heteroatoms. The highest BCUT2D eigenvalue weighted by Gasteiger charge is 2.36. The van der Waals surface area contributed by atoms with Crippen LogP contribution >= 0.6 is 0 Å². The van der Waals surface area contributed by atoms with Gasteiger partial charge in [-0.1, -0.05) is 44.2 Å². The average molecular weight is 1100 g/mol. The number of carbonyl (C=O) groups excluding carboxylic acids is 9. The maximum Gasteiger partial charge on any atom is 0.328 e. The first kappa shape index (κ1) is 68.6. The van der Waals surface area contributed by atoms with Crippen molar-refractivity contribution >= 4 is 59.1 Å². The molecule has 26 N–H and O–H groups in total. The first-order chi connectivity index (χ1) is 36.4. The third kappa shape index (κ3) is 25.1. The summed E-state index contributed by atoms with van der Waals surface area (Å²) < 4.78 is 0. The molecule has 0 aliphatic carbocycles. The Kier molecular flexibility index (Phi) is 32.6. The number of carboxylic acid groups (broad SMARTS) is 1. The van der Waals surface area contributed by atoms with Crippen LogP contribution in [0.1, 0.15) is 84.6 Å². The van der Waals surface area contributed by atoms with Crippen molar-refractivity contribution in [2.45, 2.75) is 158 Å². The molecule has 0 fully saturated rings. The fraction of sp³-hybridized carbons (Fsp3) is 0.667. The van der Waals surface area contributed by atoms with Gasteiger partial charge in [-0.3, -0.25) is 43.2 Å². The lowest BCUT2D eigenvalue weighted by Crippen LogP contribution is -2.62. The normalized spacial score (nSPS) is 15.9. The predicted octanol–water partition coefficient (Wildman–Crippen LogP) is -7.71. The van der Waals surface area contributed by atoms with Gasteiger partial charge in [-0.05, 0) is 116 Å². The number of hydrogen-bond donors (Lipinski definition) is 19. The number of benzene rings is 1. The third-order valence-electron chi connectivity index (χ3n) is 11.9. The standard InChI is InChI=1S/C48H86N16O13/c1-25(2)23-35(45(73)56-30(11-8-17-49)40(68)59-34(16-22-54)44(72)64-38(27(4)66)48(76)77)61-46(74)36(24-28-9-6-5-7-10-28)62-43(71)32(14-20-52)58-41(69)31(13-19-51)57-42(70)33(15-21-53)60-47(75)37(26(3)65)63-39(67)29(55)12-18-50/h5-7,9-10,25-27,29-38,65-66H,8,11-24,49-55H2,1-4H3,(H,56,73)(H,57,70)(H,58,69)(H,59,68)(H,60,75)(H,61,74)(H,62,71)(H,63,67)(H,64,72)(H,76,77)/t26-,27-,29+,30+,31+,32+,33+,34+,35+,36-,37+,38+/m1/s1. The molecule has 1 rings (SSSR count). The molecule has 0 spiro atoms. The van der Waals surface area contributed by atoms with Crippen LogP contribution in [0.25, 0.3) is 0 Å². The minimum Gasteiger partial charge on any atom is -0.480 e. The Morgan fingerprint density at radius 1 is 0.416 bits per heavy atom. The monoisotopic (exact) mass is 1090 g/mol. The molecule has 9 amide bonds. The van der Waals surface area contributed by atoms with Crippen LogP contribution in [0.4, 0.5) is 0 Å². The molecule has 0 aliphatic rings. The van der Waals surface area contributed by atoms with Crippen molar-refractivity contribution in [2.24, 2.45) is 46.1 Å². The number of nitrogens with two attached hydrogens (primary N) is 7. The van der Waals surface area contributed by atoms with Gasteiger partial charge >= 0.3 is 5.97 Å². The van der Waals surface area contributed by atoms with Crippen molar-refractivity contribution in [2.75, 3.05) is 39.3 Å². The van der Waals surface area contributed by atoms with Crippen molar-refractivity contribution < 1.29 is 63.3 Å². The number of aliphatic hydroxyl groups excluding tert-OH is 2. The molecule has 0 heterocycles. The van der Waals surface area contributed by atoms with Crippen LogP contribution in [0, 0.1) is 5.92 Å². The lowest BCUT2D eigenvalue weighted by molar-refractivity contribution is -0.145. The van der Waals surface area contributed by atoms with Gasteiger partial charge in [0.1, 0.15) is 48.3 Å². The van der Waals surface area contributed by atoms with E-state index in [-0.39, 0.29) is 103 Å². The van der Waals surface area contributed by atoms with Gasteiger partial charge in [0.05, 0.1) is 18.2 Å². The van der Waals surface area contributed by atoms with Gasteiger partial charge < -0.3 is 103 Å². The van der Waals surface area contributed by atoms with Gasteiger partial charge in [0.15, 0.2) is 6.04 Å². The molecule has 436 valence electrons. The summed E-state index contributed by atoms with van der Waals surface area (Å²) in [6.45, 7) is 5.55. The summed E-state index contributed by atoms with van der Waals surface area (Å²) in [5.74, 6) is -9.66. The molecule has 29 nitrogen and oxygen atoms in total. The molecule has 0 unspecified atom stereocenters. The molecule has 0 aliphatic heterocycles. The lowest BCUT2D eigenvalue weighted by Gasteiger charge is -2.29. The summed E-state index contributed by atoms with van der Waals surface area (Å²) in [7, 11) is 0. The summed E-state index contributed by atoms with van der Waals surface area (Å²) in [6.07, 6.45) is -3.41. The second-order valence-corrected chi connectivity index (χ2v) is 19.0. The van der Waals surface area contributed by atoms with E-state index in [9.17, 15) is 63.3 Å². The average Bonchev–Trinajstić information content (AvgIpc) is 3.36. The molecule has 0 aromatic heterocycles. The van der Waals surface area contributed by atoms with E-state index in [1.807, 2.05) is 0 Å². The van der Waals surface area contributed by atoms with Crippen molar-refractivity contribution in [1.29, 1.82) is 0 Å². The smallest absolute Gasteiger partial charge is 0.328 e. The van der Waals surface area contributed by atoms with Crippen LogP contribution in [-0.2, 0) is 54.4 Å². The largest absolute Gasteiger partial charge is 0.480 e. The van der Waals surface area contributed by atoms with E-state index in [2.05, 4.69) is 47.9 Å². The zero-order valence-electron chi connectivity index (χ0n) is 44.5. The van der Waals surface area contributed by atoms with Gasteiger partial charge in [0, 0.05) is 6.42 Å². The number of carboxylic acids is 1. The van der Waals surface area contributed by atoms with Gasteiger partial charge in [-0.2, -0.15) is 0 Å². The van der Waals surface area contributed by atoms with Crippen LogP contribution in [-0.4, -0.2) is 186 Å². The number of nitrogens with one attached hydrogen (secondary N) is 9. The zero-order chi connectivity index (χ0) is 58.4. The number of carbonyl (C=O) groups is 10. The van der Waals surface area contributed by atoms with Crippen molar-refractivity contribution in [1.82, 2.24) is 47.9 Å². The SMILES string of the molecule is CC(C)C[C@H](NC(=O)[C@@H](Cc1ccccc1)NC(=O)[C@H](CCN)NC(=O)[C@H](CCN)NC(=O)[C@H](CCN)NC(=O)[C@@H](NC(=O)[C@@H](N)CCN)[C@@H](C)O)C(=O)N[C@@H](CCCN)C(=O)N[C@@H](CCN)C(=O)N[C@H](C(=O)O)[C@@H](C)O. The Morgan fingerprint density at radius 3 is 1.13 bits per heavy atom. The van der Waals surface area contributed by atoms with E-state index in [0.29, 0.717) is 5.56 Å². The lowest BCUT2D eigenvalue weighted by atomic mass is 10.00. The Hall–Kier alpha value is -6.44. The van der Waals surface area contributed by atoms with E-state index < -0.39 is 132 Å². The fourth-order valence-electron chi connectivity index (χ4n) is 7.61. The molecule has 1 aromatic carbocycles. The van der Waals surface area contributed by atoms with Gasteiger partial charge in [0.2, 0.25) is 53.2 Å². The molecule has 0 saturated heterocycles. The molecule has 77 heavy (non-hydrogen) atoms. The maximum atomic E-state index is 14.4. The summed E-state index contributed by atoms with van der Waals surface area (Å²) in [6, 6.07) is -5.48. The molecule has 12 atom stereocenters. The summed E-state index contributed by atoms with van der Waals surface area (Å²) in [4.78, 5) is 135. The zero-order valence-corrected chi connectivity index (χ0v) is 44.5. The second kappa shape index (κ2) is 36.6. The highest BCUT2D eigenvalue weighted by Crippen LogP contribution is 2.11. The molecule has 0 radical (unpaired) electrons. The van der Waals surface area contributed by atoms with E-state index in [1.54, 1.807) is 44.2 Å². The first-order valence-corrected chi connectivity index (χ1v) is 25.7. The molecular weight excluding hydrogens is 1010 g/mol. The Bertz CT molecular complexity index is 2050. The van der Waals surface area contributed by atoms with Crippen LogP contribution in [0.5, 0.6) is 0 Å². The third-order valence-corrected chi connectivity index (χ3v) is 11.9. The number of amides is 9. The van der Waals surface area contributed by atoms with E-state index in [1.165, 1.54) is 6.92 Å². The molecule has 1 aromatic rings. The minimum atomic E-state index is -1.71. The number of rotatable bonds is 38. The van der Waals surface area contributed by atoms with Crippen molar-refractivity contribution in [3.63, 3.8) is 0 Å². The number of aliphatic hydroxyl groups is 2. The Labute approximate surface area is 448 Å². The summed E-state index contributed by atoms with van der Waals surface area (Å²) in [5.41, 5.74) is 40.8. The summed E-state index contributed by atoms with van der Waals surface area (Å²) in [5, 5.41) is 52.2. The molecule has 0 bridgehead atoms. The minimum absolute atomic E-state index is 0.0283. The van der Waals surface area contributed by atoms with Crippen LogP contribution in [0.15, 0.2) is 30.3 Å². The van der Waals surface area contributed by atoms with Gasteiger partial charge in [0.25, 0.3) is 0 Å². The highest BCUT2D eigenvalue weighted by atomic mass is 16.4. The van der Waals surface area contributed by atoms with Gasteiger partial charge in [-0.25, -0.2) is 4.79 Å². The molecule has 0 saturated carbocycles. The maximum absolute atomic E-state index is 14.4. The van der Waals surface area contributed by atoms with E-state index >= 15 is 0 Å². The first-order valence-electron chi connectivity index (χ1n) is 25.7. The Balaban J connectivity index is 3.47. The Morgan fingerprint density at radius 2 is 0.753 bits per heavy atom. The number of aliphatic carboxylic acids is 1. The highest BCUT2D eigenvalue weighted by molar-refractivity contribution is 5.98. The van der Waals surface area contributed by atoms with Crippen molar-refractivity contribution in [3.05, 3.63) is 35.9 Å².